The Morgan fingerprint density at radius 2 is 0.940 bits per heavy atom. The standard InChI is InChI=1S/C26H28O6S2.C26H28O5S2/c1-19-4-9-24(10-5-19)33(28)15-14-22(27)16-20-6-11-25(12-7-20)34(29,30)18-21-17-23(31-2)8-13-26(21)32-3;1-19-4-9-24(10-5-19)32-15-14-22(27)16-20-6-11-25(12-7-20)33(28,29)18-21-17-23(30-2)8-13-26(21)31-3/h4-13,17H,14-16,18H2,1-3H3;4-13,17H,14-16,18H2,1-3H3. The van der Waals surface area contributed by atoms with Gasteiger partial charge in [-0.05, 0) is 110 Å². The summed E-state index contributed by atoms with van der Waals surface area (Å²) >= 11 is 1.66. The lowest BCUT2D eigenvalue weighted by Crippen LogP contribution is -2.09. The van der Waals surface area contributed by atoms with Crippen LogP contribution in [0.3, 0.4) is 0 Å². The van der Waals surface area contributed by atoms with Gasteiger partial charge in [0.05, 0.1) is 60.5 Å². The molecule has 6 rings (SSSR count). The monoisotopic (exact) mass is 984 g/mol. The Kier molecular flexibility index (Phi) is 19.4. The van der Waals surface area contributed by atoms with Crippen LogP contribution in [-0.2, 0) is 64.4 Å². The number of Topliss-reactive ketones (excluding diaryl/α,β-unsaturated/α-hetero) is 2. The molecule has 0 aromatic heterocycles. The largest absolute Gasteiger partial charge is 0.497 e. The molecule has 0 saturated carbocycles. The predicted octanol–water partition coefficient (Wildman–Crippen LogP) is 9.58. The summed E-state index contributed by atoms with van der Waals surface area (Å²) in [4.78, 5) is 27.0. The van der Waals surface area contributed by atoms with E-state index in [9.17, 15) is 30.6 Å². The van der Waals surface area contributed by atoms with E-state index in [2.05, 4.69) is 24.3 Å². The molecular weight excluding hydrogens is 929 g/mol. The molecule has 67 heavy (non-hydrogen) atoms. The highest BCUT2D eigenvalue weighted by Crippen LogP contribution is 2.30. The minimum Gasteiger partial charge on any atom is -0.497 e. The van der Waals surface area contributed by atoms with E-state index >= 15 is 0 Å². The van der Waals surface area contributed by atoms with Gasteiger partial charge in [-0.15, -0.1) is 11.8 Å². The summed E-state index contributed by atoms with van der Waals surface area (Å²) in [5, 5.41) is 0. The van der Waals surface area contributed by atoms with Crippen LogP contribution in [-0.4, -0.2) is 72.6 Å². The lowest BCUT2D eigenvalue weighted by molar-refractivity contribution is -0.118. The Morgan fingerprint density at radius 1 is 0.522 bits per heavy atom. The van der Waals surface area contributed by atoms with Crippen LogP contribution < -0.4 is 18.9 Å². The Morgan fingerprint density at radius 3 is 1.36 bits per heavy atom. The lowest BCUT2D eigenvalue weighted by atomic mass is 10.1. The first-order valence-corrected chi connectivity index (χ1v) is 26.9. The fourth-order valence-electron chi connectivity index (χ4n) is 6.76. The van der Waals surface area contributed by atoms with Crippen LogP contribution in [0.25, 0.3) is 0 Å². The Bertz CT molecular complexity index is 2840. The van der Waals surface area contributed by atoms with Gasteiger partial charge in [0.15, 0.2) is 19.7 Å². The molecule has 1 atom stereocenters. The molecule has 0 bridgehead atoms. The van der Waals surface area contributed by atoms with Crippen molar-refractivity contribution in [2.24, 2.45) is 0 Å². The maximum absolute atomic E-state index is 12.9. The number of methoxy groups -OCH3 is 4. The van der Waals surface area contributed by atoms with Gasteiger partial charge in [0.1, 0.15) is 34.6 Å². The van der Waals surface area contributed by atoms with Crippen molar-refractivity contribution in [2.75, 3.05) is 39.9 Å². The smallest absolute Gasteiger partial charge is 0.182 e. The van der Waals surface area contributed by atoms with E-state index in [0.717, 1.165) is 21.8 Å². The van der Waals surface area contributed by atoms with Crippen molar-refractivity contribution >= 4 is 53.8 Å². The van der Waals surface area contributed by atoms with E-state index in [1.165, 1.54) is 46.1 Å². The van der Waals surface area contributed by atoms with Gasteiger partial charge in [-0.25, -0.2) is 16.8 Å². The van der Waals surface area contributed by atoms with E-state index in [4.69, 9.17) is 18.9 Å². The first-order valence-electron chi connectivity index (χ1n) is 21.3. The van der Waals surface area contributed by atoms with Crippen LogP contribution in [0.15, 0.2) is 153 Å². The zero-order valence-corrected chi connectivity index (χ0v) is 41.7. The van der Waals surface area contributed by atoms with E-state index in [0.29, 0.717) is 57.4 Å². The predicted molar refractivity (Wildman–Crippen MR) is 265 cm³/mol. The molecule has 6 aromatic carbocycles. The molecule has 11 nitrogen and oxygen atoms in total. The number of ether oxygens (including phenoxy) is 4. The van der Waals surface area contributed by atoms with Crippen LogP contribution >= 0.6 is 11.8 Å². The molecule has 0 aliphatic rings. The van der Waals surface area contributed by atoms with Crippen molar-refractivity contribution in [1.29, 1.82) is 0 Å². The molecular formula is C52H56O11S4. The molecule has 0 saturated heterocycles. The van der Waals surface area contributed by atoms with Gasteiger partial charge in [0.25, 0.3) is 0 Å². The molecule has 0 spiro atoms. The fourth-order valence-corrected chi connectivity index (χ4v) is 11.4. The SMILES string of the molecule is COc1ccc(OC)c(CS(=O)(=O)c2ccc(CC(=O)CCS(=O)c3ccc(C)cc3)cc2)c1.COc1ccc(OC)c(CS(=O)(=O)c2ccc(CC(=O)CCSc3ccc(C)cc3)cc2)c1. The molecule has 15 heteroatoms. The summed E-state index contributed by atoms with van der Waals surface area (Å²) in [6.45, 7) is 4.01. The quantitative estimate of drug-likeness (QED) is 0.0595. The third kappa shape index (κ3) is 15.9. The highest BCUT2D eigenvalue weighted by atomic mass is 32.2. The second-order valence-corrected chi connectivity index (χ2v) is 22.3. The third-order valence-electron chi connectivity index (χ3n) is 10.6. The summed E-state index contributed by atoms with van der Waals surface area (Å²) < 4.78 is 85.1. The number of aryl methyl sites for hydroxylation is 2. The molecule has 6 aromatic rings. The van der Waals surface area contributed by atoms with Crippen molar-refractivity contribution < 1.29 is 49.6 Å². The average Bonchev–Trinajstić information content (AvgIpc) is 3.32. The van der Waals surface area contributed by atoms with Gasteiger partial charge in [-0.2, -0.15) is 0 Å². The number of carbonyl (C=O) groups is 2. The number of sulfone groups is 2. The van der Waals surface area contributed by atoms with Crippen LogP contribution in [0.2, 0.25) is 0 Å². The number of ketones is 2. The summed E-state index contributed by atoms with van der Waals surface area (Å²) in [5.41, 5.74) is 4.85. The van der Waals surface area contributed by atoms with Crippen LogP contribution in [0.5, 0.6) is 23.0 Å². The Hall–Kier alpha value is -5.74. The summed E-state index contributed by atoms with van der Waals surface area (Å²) in [5.74, 6) is 2.69. The minimum absolute atomic E-state index is 0.0443. The maximum Gasteiger partial charge on any atom is 0.182 e. The first-order chi connectivity index (χ1) is 32.0. The Balaban J connectivity index is 0.000000251. The highest BCUT2D eigenvalue weighted by molar-refractivity contribution is 7.99. The molecule has 0 fully saturated rings. The van der Waals surface area contributed by atoms with Crippen molar-refractivity contribution in [3.8, 4) is 23.0 Å². The van der Waals surface area contributed by atoms with Gasteiger partial charge >= 0.3 is 0 Å². The summed E-state index contributed by atoms with van der Waals surface area (Å²) in [6.07, 6.45) is 1.11. The molecule has 0 radical (unpaired) electrons. The highest BCUT2D eigenvalue weighted by Gasteiger charge is 2.21. The van der Waals surface area contributed by atoms with Crippen LogP contribution in [0.4, 0.5) is 0 Å². The molecule has 0 heterocycles. The fraction of sp³-hybridized carbons (Fsp3) is 0.269. The number of hydrogen-bond donors (Lipinski definition) is 0. The number of carbonyl (C=O) groups excluding carboxylic acids is 2. The average molecular weight is 985 g/mol. The Labute approximate surface area is 401 Å². The molecule has 0 aliphatic heterocycles. The molecule has 0 amide bonds. The second kappa shape index (κ2) is 24.9. The van der Waals surface area contributed by atoms with Crippen molar-refractivity contribution in [3.05, 3.63) is 167 Å². The zero-order chi connectivity index (χ0) is 48.6. The van der Waals surface area contributed by atoms with Gasteiger partial charge in [-0.1, -0.05) is 59.7 Å². The van der Waals surface area contributed by atoms with Crippen LogP contribution in [0, 0.1) is 13.8 Å². The summed E-state index contributed by atoms with van der Waals surface area (Å²) in [7, 11) is -2.42. The van der Waals surface area contributed by atoms with Crippen molar-refractivity contribution in [3.63, 3.8) is 0 Å². The topological polar surface area (TPSA) is 156 Å². The number of rotatable bonds is 22. The van der Waals surface area contributed by atoms with E-state index in [1.807, 2.05) is 38.1 Å². The molecule has 0 aliphatic carbocycles. The van der Waals surface area contributed by atoms with E-state index < -0.39 is 30.5 Å². The van der Waals surface area contributed by atoms with E-state index in [1.54, 1.807) is 84.6 Å². The third-order valence-corrected chi connectivity index (χ3v) is 16.3. The van der Waals surface area contributed by atoms with Crippen molar-refractivity contribution in [1.82, 2.24) is 0 Å². The first kappa shape index (κ1) is 52.2. The number of benzene rings is 6. The van der Waals surface area contributed by atoms with Gasteiger partial charge in [0, 0.05) is 58.1 Å². The van der Waals surface area contributed by atoms with Crippen LogP contribution in [0.1, 0.15) is 46.2 Å². The van der Waals surface area contributed by atoms with Gasteiger partial charge < -0.3 is 18.9 Å². The van der Waals surface area contributed by atoms with Crippen molar-refractivity contribution in [2.45, 2.75) is 70.6 Å². The maximum atomic E-state index is 12.9. The normalized spacial score (nSPS) is 11.7. The minimum atomic E-state index is -3.63. The zero-order valence-electron chi connectivity index (χ0n) is 38.5. The molecule has 0 N–H and O–H groups in total. The number of hydrogen-bond acceptors (Lipinski definition) is 12. The second-order valence-electron chi connectivity index (χ2n) is 15.6. The lowest BCUT2D eigenvalue weighted by Gasteiger charge is -2.11. The number of thioether (sulfide) groups is 1. The van der Waals surface area contributed by atoms with Gasteiger partial charge in [0.2, 0.25) is 0 Å². The molecule has 1 unspecified atom stereocenters. The van der Waals surface area contributed by atoms with Gasteiger partial charge in [-0.3, -0.25) is 13.8 Å². The summed E-state index contributed by atoms with van der Waals surface area (Å²) in [6, 6.07) is 38.6. The molecule has 354 valence electrons. The van der Waals surface area contributed by atoms with E-state index in [-0.39, 0.29) is 51.5 Å².